The van der Waals surface area contributed by atoms with Crippen LogP contribution in [0.3, 0.4) is 0 Å². The first-order valence-electron chi connectivity index (χ1n) is 12.9. The Balaban J connectivity index is 1.24. The molecule has 2 aliphatic rings. The first-order chi connectivity index (χ1) is 19.7. The number of rotatable bonds is 9. The Hall–Kier alpha value is -4.38. The van der Waals surface area contributed by atoms with E-state index in [0.29, 0.717) is 31.4 Å². The highest BCUT2D eigenvalue weighted by atomic mass is 35.5. The number of halogens is 2. The van der Waals surface area contributed by atoms with Crippen molar-refractivity contribution in [3.63, 3.8) is 0 Å². The Morgan fingerprint density at radius 3 is 2.59 bits per heavy atom. The second kappa shape index (κ2) is 11.6. The molecule has 0 aliphatic carbocycles. The number of aromatic nitrogens is 2. The molecule has 1 amide bonds. The predicted molar refractivity (Wildman–Crippen MR) is 148 cm³/mol. The van der Waals surface area contributed by atoms with Crippen molar-refractivity contribution in [3.8, 4) is 11.6 Å². The molecule has 0 bridgehead atoms. The third-order valence-electron chi connectivity index (χ3n) is 7.30. The van der Waals surface area contributed by atoms with Crippen LogP contribution in [0.4, 0.5) is 10.1 Å². The number of carbonyl (C=O) groups excluding carboxylic acids is 3. The highest BCUT2D eigenvalue weighted by Gasteiger charge is 2.44. The molecule has 2 atom stereocenters. The van der Waals surface area contributed by atoms with Gasteiger partial charge >= 0.3 is 5.97 Å². The second-order valence-corrected chi connectivity index (χ2v) is 10.2. The van der Waals surface area contributed by atoms with E-state index in [9.17, 15) is 18.8 Å². The van der Waals surface area contributed by atoms with Crippen molar-refractivity contribution in [1.82, 2.24) is 14.7 Å². The van der Waals surface area contributed by atoms with Gasteiger partial charge in [-0.3, -0.25) is 14.3 Å². The quantitative estimate of drug-likeness (QED) is 0.229. The van der Waals surface area contributed by atoms with Crippen LogP contribution in [0.5, 0.6) is 11.6 Å². The van der Waals surface area contributed by atoms with Crippen LogP contribution in [0.2, 0.25) is 5.02 Å². The molecule has 0 spiro atoms. The minimum Gasteiger partial charge on any atom is -0.497 e. The normalized spacial score (nSPS) is 18.1. The molecule has 3 aromatic rings. The van der Waals surface area contributed by atoms with E-state index in [-0.39, 0.29) is 33.8 Å². The summed E-state index contributed by atoms with van der Waals surface area (Å²) >= 11 is 5.93. The molecule has 1 saturated heterocycles. The largest absolute Gasteiger partial charge is 0.497 e. The van der Waals surface area contributed by atoms with Crippen molar-refractivity contribution in [1.29, 1.82) is 0 Å². The number of benzene rings is 2. The van der Waals surface area contributed by atoms with Gasteiger partial charge in [0, 0.05) is 29.6 Å². The number of ketones is 1. The Bertz CT molecular complexity index is 1540. The summed E-state index contributed by atoms with van der Waals surface area (Å²) in [6.07, 6.45) is 3.97. The number of nitrogens with zero attached hydrogens (tertiary/aromatic N) is 3. The first kappa shape index (κ1) is 28.2. The monoisotopic (exact) mass is 582 g/mol. The molecule has 12 heteroatoms. The summed E-state index contributed by atoms with van der Waals surface area (Å²) in [7, 11) is 2.98. The van der Waals surface area contributed by atoms with E-state index < -0.39 is 36.1 Å². The van der Waals surface area contributed by atoms with E-state index in [0.717, 1.165) is 11.3 Å². The van der Waals surface area contributed by atoms with E-state index in [2.05, 4.69) is 5.10 Å². The number of amides is 1. The lowest BCUT2D eigenvalue weighted by molar-refractivity contribution is -0.152. The maximum absolute atomic E-state index is 14.7. The number of Topliss-reactive ketones (excluding diaryl/α,β-unsaturated/α-hetero) is 1. The van der Waals surface area contributed by atoms with Crippen LogP contribution in [0.25, 0.3) is 5.57 Å². The molecule has 10 nitrogen and oxygen atoms in total. The summed E-state index contributed by atoms with van der Waals surface area (Å²) < 4.78 is 32.1. The number of hydrogen-bond donors (Lipinski definition) is 1. The van der Waals surface area contributed by atoms with Crippen molar-refractivity contribution < 1.29 is 33.0 Å². The van der Waals surface area contributed by atoms with Crippen LogP contribution in [-0.2, 0) is 20.9 Å². The molecule has 2 aliphatic heterocycles. The van der Waals surface area contributed by atoms with E-state index in [4.69, 9.17) is 31.5 Å². The standard InChI is InChI=1S/C29H28ClFN4O6/c1-39-19-6-3-16(4-7-19)13-34-14-20(28(33-34)40-2)24(36)15-41-29(38)23-10-5-18-11-17(12-25(37)35(18)23)26-22(32)9-8-21(30)27(26)31/h3-4,6-9,12,14,18,23H,5,10-11,13,15,32H2,1-2H3/t18-,23-/m0/s1. The molecule has 0 saturated carbocycles. The Kier molecular flexibility index (Phi) is 7.98. The van der Waals surface area contributed by atoms with Gasteiger partial charge in [0.2, 0.25) is 17.6 Å². The van der Waals surface area contributed by atoms with Gasteiger partial charge < -0.3 is 24.8 Å². The number of hydrogen-bond acceptors (Lipinski definition) is 8. The van der Waals surface area contributed by atoms with E-state index >= 15 is 0 Å². The summed E-state index contributed by atoms with van der Waals surface area (Å²) in [5.74, 6) is -1.50. The van der Waals surface area contributed by atoms with Crippen LogP contribution in [0.1, 0.15) is 40.7 Å². The zero-order chi connectivity index (χ0) is 29.3. The number of ether oxygens (including phenoxy) is 3. The molecule has 0 unspecified atom stereocenters. The minimum atomic E-state index is -0.862. The van der Waals surface area contributed by atoms with Gasteiger partial charge in [0.25, 0.3) is 0 Å². The smallest absolute Gasteiger partial charge is 0.329 e. The van der Waals surface area contributed by atoms with Crippen LogP contribution >= 0.6 is 11.6 Å². The molecule has 5 rings (SSSR count). The van der Waals surface area contributed by atoms with Gasteiger partial charge in [-0.1, -0.05) is 23.7 Å². The summed E-state index contributed by atoms with van der Waals surface area (Å²) in [4.78, 5) is 40.4. The number of methoxy groups -OCH3 is 2. The van der Waals surface area contributed by atoms with Crippen LogP contribution in [0.15, 0.2) is 48.7 Å². The number of carbonyl (C=O) groups is 3. The van der Waals surface area contributed by atoms with Gasteiger partial charge in [-0.25, -0.2) is 9.18 Å². The average molecular weight is 583 g/mol. The molecule has 1 fully saturated rings. The molecule has 2 N–H and O–H groups in total. The zero-order valence-electron chi connectivity index (χ0n) is 22.4. The number of nitrogens with two attached hydrogens (primary N) is 1. The van der Waals surface area contributed by atoms with Crippen molar-refractivity contribution in [2.24, 2.45) is 0 Å². The number of esters is 1. The van der Waals surface area contributed by atoms with Crippen LogP contribution in [0, 0.1) is 5.82 Å². The average Bonchev–Trinajstić information content (AvgIpc) is 3.59. The van der Waals surface area contributed by atoms with Gasteiger partial charge in [0.1, 0.15) is 17.4 Å². The maximum atomic E-state index is 14.7. The fourth-order valence-electron chi connectivity index (χ4n) is 5.31. The number of fused-ring (bicyclic) bond motifs is 1. The van der Waals surface area contributed by atoms with E-state index in [1.807, 2.05) is 24.3 Å². The Labute approximate surface area is 240 Å². The molecule has 41 heavy (non-hydrogen) atoms. The van der Waals surface area contributed by atoms with Gasteiger partial charge in [0.15, 0.2) is 12.4 Å². The minimum absolute atomic E-state index is 0.0922. The molecule has 214 valence electrons. The van der Waals surface area contributed by atoms with Crippen molar-refractivity contribution in [3.05, 3.63) is 76.2 Å². The maximum Gasteiger partial charge on any atom is 0.329 e. The second-order valence-electron chi connectivity index (χ2n) is 9.82. The van der Waals surface area contributed by atoms with E-state index in [1.54, 1.807) is 11.8 Å². The molecule has 2 aromatic carbocycles. The third-order valence-corrected chi connectivity index (χ3v) is 7.59. The molecule has 1 aromatic heterocycles. The van der Waals surface area contributed by atoms with Crippen LogP contribution < -0.4 is 15.2 Å². The summed E-state index contributed by atoms with van der Waals surface area (Å²) in [6, 6.07) is 9.05. The highest BCUT2D eigenvalue weighted by molar-refractivity contribution is 6.31. The molecule has 3 heterocycles. The van der Waals surface area contributed by atoms with Gasteiger partial charge in [0.05, 0.1) is 25.8 Å². The zero-order valence-corrected chi connectivity index (χ0v) is 23.2. The molecular weight excluding hydrogens is 555 g/mol. The van der Waals surface area contributed by atoms with Crippen molar-refractivity contribution >= 4 is 40.5 Å². The molecular formula is C29H28ClFN4O6. The highest BCUT2D eigenvalue weighted by Crippen LogP contribution is 2.40. The Morgan fingerprint density at radius 2 is 1.88 bits per heavy atom. The fraction of sp³-hybridized carbons (Fsp3) is 0.310. The molecule has 0 radical (unpaired) electrons. The third kappa shape index (κ3) is 5.62. The SMILES string of the molecule is COc1ccc(Cn2cc(C(=O)COC(=O)[C@@H]3CC[C@H]4CC(c5c(N)ccc(Cl)c5F)=CC(=O)N43)c(OC)n2)cc1. The van der Waals surface area contributed by atoms with E-state index in [1.165, 1.54) is 36.4 Å². The lowest BCUT2D eigenvalue weighted by atomic mass is 9.92. The van der Waals surface area contributed by atoms with Gasteiger partial charge in [-0.15, -0.1) is 5.10 Å². The topological polar surface area (TPSA) is 126 Å². The Morgan fingerprint density at radius 1 is 1.12 bits per heavy atom. The summed E-state index contributed by atoms with van der Waals surface area (Å²) in [5.41, 5.74) is 7.78. The summed E-state index contributed by atoms with van der Waals surface area (Å²) in [5, 5.41) is 4.21. The lowest BCUT2D eigenvalue weighted by Gasteiger charge is -2.33. The van der Waals surface area contributed by atoms with Crippen molar-refractivity contribution in [2.45, 2.75) is 37.9 Å². The van der Waals surface area contributed by atoms with Crippen molar-refractivity contribution in [2.75, 3.05) is 26.6 Å². The fourth-order valence-corrected chi connectivity index (χ4v) is 5.46. The van der Waals surface area contributed by atoms with Gasteiger partial charge in [-0.2, -0.15) is 0 Å². The lowest BCUT2D eigenvalue weighted by Crippen LogP contribution is -2.47. The van der Waals surface area contributed by atoms with Crippen LogP contribution in [-0.4, -0.2) is 65.3 Å². The number of anilines is 1. The summed E-state index contributed by atoms with van der Waals surface area (Å²) in [6.45, 7) is -0.161. The first-order valence-corrected chi connectivity index (χ1v) is 13.3. The predicted octanol–water partition coefficient (Wildman–Crippen LogP) is 3.90. The number of nitrogen functional groups attached to an aromatic ring is 1. The van der Waals surface area contributed by atoms with Gasteiger partial charge in [-0.05, 0) is 54.7 Å².